The number of hydrogen-bond acceptors (Lipinski definition) is 6. The number of pyridine rings is 2. The number of nitrogens with zero attached hydrogens (tertiary/aromatic N) is 3. The second-order valence-corrected chi connectivity index (χ2v) is 7.64. The summed E-state index contributed by atoms with van der Waals surface area (Å²) in [4.78, 5) is 48.9. The van der Waals surface area contributed by atoms with Crippen molar-refractivity contribution in [2.75, 3.05) is 11.1 Å². The summed E-state index contributed by atoms with van der Waals surface area (Å²) in [5.74, 6) is -0.0322. The van der Waals surface area contributed by atoms with E-state index in [1.165, 1.54) is 10.8 Å². The molecule has 0 aliphatic rings. The van der Waals surface area contributed by atoms with Gasteiger partial charge in [0.25, 0.3) is 11.5 Å². The largest absolute Gasteiger partial charge is 0.384 e. The van der Waals surface area contributed by atoms with Crippen molar-refractivity contribution >= 4 is 53.3 Å². The van der Waals surface area contributed by atoms with Crippen LogP contribution in [-0.2, 0) is 6.54 Å². The molecule has 1 amide bonds. The molecule has 0 bridgehead atoms. The Kier molecular flexibility index (Phi) is 8.77. The highest BCUT2D eigenvalue weighted by atomic mass is 35.5. The predicted molar refractivity (Wildman–Crippen MR) is 127 cm³/mol. The zero-order valence-corrected chi connectivity index (χ0v) is 19.3. The summed E-state index contributed by atoms with van der Waals surface area (Å²) in [5.41, 5.74) is 5.79. The lowest BCUT2D eigenvalue weighted by Crippen LogP contribution is -2.33. The number of rotatable bonds is 5. The summed E-state index contributed by atoms with van der Waals surface area (Å²) < 4.78 is 1.41. The minimum atomic E-state index is -0.645. The molecule has 0 aliphatic carbocycles. The first-order valence-electron chi connectivity index (χ1n) is 9.38. The summed E-state index contributed by atoms with van der Waals surface area (Å²) in [5, 5.41) is 2.80. The van der Waals surface area contributed by atoms with Crippen LogP contribution < -0.4 is 22.3 Å². The first-order valence-corrected chi connectivity index (χ1v) is 9.38. The number of amides is 1. The predicted octanol–water partition coefficient (Wildman–Crippen LogP) is 2.94. The van der Waals surface area contributed by atoms with E-state index in [1.54, 1.807) is 18.2 Å². The van der Waals surface area contributed by atoms with E-state index < -0.39 is 17.2 Å². The fourth-order valence-electron chi connectivity index (χ4n) is 2.98. The molecule has 31 heavy (non-hydrogen) atoms. The van der Waals surface area contributed by atoms with Crippen LogP contribution in [0.4, 0.5) is 11.5 Å². The Hall–Kier alpha value is -2.91. The van der Waals surface area contributed by atoms with E-state index in [4.69, 9.17) is 5.73 Å². The second-order valence-electron chi connectivity index (χ2n) is 7.64. The molecule has 3 aromatic rings. The van der Waals surface area contributed by atoms with Gasteiger partial charge < -0.3 is 11.1 Å². The maximum absolute atomic E-state index is 13.0. The molecule has 11 heteroatoms. The lowest BCUT2D eigenvalue weighted by molar-refractivity contribution is 0.102. The van der Waals surface area contributed by atoms with Gasteiger partial charge in [-0.3, -0.25) is 19.1 Å². The molecule has 4 N–H and O–H groups in total. The minimum Gasteiger partial charge on any atom is -0.384 e. The number of H-pyrrole nitrogens is 1. The molecule has 168 valence electrons. The lowest BCUT2D eigenvalue weighted by atomic mass is 10.0. The van der Waals surface area contributed by atoms with Gasteiger partial charge in [0.2, 0.25) is 0 Å². The third-order valence-corrected chi connectivity index (χ3v) is 4.40. The lowest BCUT2D eigenvalue weighted by Gasteiger charge is -2.16. The molecule has 0 unspecified atom stereocenters. The van der Waals surface area contributed by atoms with Crippen LogP contribution in [0.3, 0.4) is 0 Å². The Balaban J connectivity index is 0.00000240. The quantitative estimate of drug-likeness (QED) is 0.526. The fraction of sp³-hybridized carbons (Fsp3) is 0.350. The molecule has 0 aliphatic heterocycles. The number of anilines is 2. The number of nitrogen functional groups attached to an aromatic ring is 1. The number of hydrogen-bond donors (Lipinski definition) is 3. The van der Waals surface area contributed by atoms with Crippen LogP contribution in [0, 0.1) is 5.92 Å². The van der Waals surface area contributed by atoms with Gasteiger partial charge >= 0.3 is 5.69 Å². The van der Waals surface area contributed by atoms with E-state index in [0.717, 1.165) is 0 Å². The second kappa shape index (κ2) is 10.4. The van der Waals surface area contributed by atoms with Gasteiger partial charge in [0, 0.05) is 12.2 Å². The van der Waals surface area contributed by atoms with Gasteiger partial charge in [-0.15, -0.1) is 24.8 Å². The molecule has 3 aromatic heterocycles. The molecule has 9 nitrogen and oxygen atoms in total. The summed E-state index contributed by atoms with van der Waals surface area (Å²) in [6.45, 7) is 8.13. The van der Waals surface area contributed by atoms with E-state index in [9.17, 15) is 14.4 Å². The van der Waals surface area contributed by atoms with Crippen molar-refractivity contribution in [2.24, 2.45) is 5.92 Å². The van der Waals surface area contributed by atoms with Crippen molar-refractivity contribution in [1.82, 2.24) is 19.5 Å². The molecule has 0 aromatic carbocycles. The number of carbonyl (C=O) groups is 1. The van der Waals surface area contributed by atoms with Crippen LogP contribution in [-0.4, -0.2) is 25.4 Å². The molecule has 0 saturated carbocycles. The molecule has 0 radical (unpaired) electrons. The molecular formula is C20H26Cl2N6O3. The highest BCUT2D eigenvalue weighted by Crippen LogP contribution is 2.21. The van der Waals surface area contributed by atoms with E-state index in [0.29, 0.717) is 23.7 Å². The Morgan fingerprint density at radius 2 is 1.87 bits per heavy atom. The van der Waals surface area contributed by atoms with Crippen molar-refractivity contribution in [3.8, 4) is 0 Å². The van der Waals surface area contributed by atoms with Crippen molar-refractivity contribution in [3.05, 3.63) is 56.5 Å². The third-order valence-electron chi connectivity index (χ3n) is 4.40. The molecule has 0 atom stereocenters. The average molecular weight is 469 g/mol. The number of aromatic amines is 1. The first-order chi connectivity index (χ1) is 13.7. The van der Waals surface area contributed by atoms with Gasteiger partial charge in [0.1, 0.15) is 5.82 Å². The van der Waals surface area contributed by atoms with E-state index in [2.05, 4.69) is 20.3 Å². The molecule has 3 heterocycles. The topological polar surface area (TPSA) is 136 Å². The summed E-state index contributed by atoms with van der Waals surface area (Å²) in [7, 11) is 0. The maximum atomic E-state index is 13.0. The number of halogens is 2. The molecule has 0 fully saturated rings. The summed E-state index contributed by atoms with van der Waals surface area (Å²) in [6.07, 6.45) is 1.43. The standard InChI is InChI=1S/C20H24N6O3.2ClH/c1-10(2)9-26-17-16(19(28)25-20(26)29)13(7-14(24-17)11(3)4)18(27)23-12-5-6-15(21)22-8-12;;/h5-8,10-11H,9H2,1-4H3,(H2,21,22)(H,23,27)(H,25,28,29);2*1H. The van der Waals surface area contributed by atoms with Crippen molar-refractivity contribution < 1.29 is 4.79 Å². The number of carbonyl (C=O) groups excluding carboxylic acids is 1. The van der Waals surface area contributed by atoms with Crippen molar-refractivity contribution in [1.29, 1.82) is 0 Å². The number of nitrogens with one attached hydrogen (secondary N) is 2. The van der Waals surface area contributed by atoms with Crippen LogP contribution in [0.1, 0.15) is 49.7 Å². The van der Waals surface area contributed by atoms with E-state index >= 15 is 0 Å². The normalized spacial score (nSPS) is 10.6. The van der Waals surface area contributed by atoms with Gasteiger partial charge in [-0.05, 0) is 30.0 Å². The SMILES string of the molecule is CC(C)Cn1c(=O)[nH]c(=O)c2c(C(=O)Nc3ccc(N)nc3)cc(C(C)C)nc21.Cl.Cl. The molecule has 0 spiro atoms. The Morgan fingerprint density at radius 1 is 1.19 bits per heavy atom. The zero-order chi connectivity index (χ0) is 21.3. The van der Waals surface area contributed by atoms with Crippen molar-refractivity contribution in [2.45, 2.75) is 40.2 Å². The van der Waals surface area contributed by atoms with E-state index in [1.807, 2.05) is 27.7 Å². The number of nitrogens with two attached hydrogens (primary N) is 1. The average Bonchev–Trinajstić information content (AvgIpc) is 2.65. The summed E-state index contributed by atoms with van der Waals surface area (Å²) >= 11 is 0. The van der Waals surface area contributed by atoms with Gasteiger partial charge in [0.15, 0.2) is 5.65 Å². The van der Waals surface area contributed by atoms with E-state index in [-0.39, 0.29) is 53.2 Å². The number of aromatic nitrogens is 4. The fourth-order valence-corrected chi connectivity index (χ4v) is 2.98. The van der Waals surface area contributed by atoms with Gasteiger partial charge in [-0.1, -0.05) is 27.7 Å². The maximum Gasteiger partial charge on any atom is 0.330 e. The van der Waals surface area contributed by atoms with Crippen LogP contribution in [0.25, 0.3) is 11.0 Å². The highest BCUT2D eigenvalue weighted by Gasteiger charge is 2.21. The highest BCUT2D eigenvalue weighted by molar-refractivity contribution is 6.11. The minimum absolute atomic E-state index is 0. The number of fused-ring (bicyclic) bond motifs is 1. The molecular weight excluding hydrogens is 443 g/mol. The Labute approximate surface area is 191 Å². The van der Waals surface area contributed by atoms with Gasteiger partial charge in [-0.25, -0.2) is 14.8 Å². The third kappa shape index (κ3) is 5.62. The van der Waals surface area contributed by atoms with Crippen LogP contribution in [0.15, 0.2) is 34.0 Å². The van der Waals surface area contributed by atoms with Gasteiger partial charge in [0.05, 0.1) is 22.8 Å². The summed E-state index contributed by atoms with van der Waals surface area (Å²) in [6, 6.07) is 4.77. The molecule has 3 rings (SSSR count). The molecule has 0 saturated heterocycles. The van der Waals surface area contributed by atoms with Crippen LogP contribution >= 0.6 is 24.8 Å². The van der Waals surface area contributed by atoms with Crippen LogP contribution in [0.5, 0.6) is 0 Å². The smallest absolute Gasteiger partial charge is 0.330 e. The van der Waals surface area contributed by atoms with Gasteiger partial charge in [-0.2, -0.15) is 0 Å². The van der Waals surface area contributed by atoms with Crippen LogP contribution in [0.2, 0.25) is 0 Å². The Morgan fingerprint density at radius 3 is 2.42 bits per heavy atom. The monoisotopic (exact) mass is 468 g/mol. The Bertz CT molecular complexity index is 1190. The zero-order valence-electron chi connectivity index (χ0n) is 17.6. The first kappa shape index (κ1) is 26.1. The van der Waals surface area contributed by atoms with Crippen molar-refractivity contribution in [3.63, 3.8) is 0 Å².